The number of halogens is 2. The normalized spacial score (nSPS) is 16.9. The van der Waals surface area contributed by atoms with Gasteiger partial charge in [-0.05, 0) is 37.6 Å². The third kappa shape index (κ3) is 4.56. The first-order valence-electron chi connectivity index (χ1n) is 6.66. The molecule has 1 aliphatic heterocycles. The molecule has 2 N–H and O–H groups in total. The predicted octanol–water partition coefficient (Wildman–Crippen LogP) is 3.02. The lowest BCUT2D eigenvalue weighted by Gasteiger charge is -2.09. The topological polar surface area (TPSA) is 54.0 Å². The molecule has 1 aromatic heterocycles. The molecule has 0 radical (unpaired) electrons. The van der Waals surface area contributed by atoms with Gasteiger partial charge in [0.2, 0.25) is 5.91 Å². The Labute approximate surface area is 136 Å². The number of hydrogen-bond donors (Lipinski definition) is 2. The van der Waals surface area contributed by atoms with Crippen molar-refractivity contribution in [1.82, 2.24) is 10.3 Å². The number of pyridine rings is 1. The van der Waals surface area contributed by atoms with Gasteiger partial charge < -0.3 is 10.6 Å². The molecule has 3 rings (SSSR count). The highest BCUT2D eigenvalue weighted by molar-refractivity contribution is 5.93. The lowest BCUT2D eigenvalue weighted by atomic mass is 10.0. The minimum absolute atomic E-state index is 0. The van der Waals surface area contributed by atoms with Crippen molar-refractivity contribution in [2.45, 2.75) is 12.8 Å². The van der Waals surface area contributed by atoms with E-state index in [0.717, 1.165) is 36.1 Å². The Kier molecular flexibility index (Phi) is 6.89. The Hall–Kier alpha value is -1.36. The smallest absolute Gasteiger partial charge is 0.224 e. The molecule has 2 heterocycles. The van der Waals surface area contributed by atoms with Crippen molar-refractivity contribution in [2.75, 3.05) is 18.4 Å². The molecular weight excluding hydrogens is 309 g/mol. The van der Waals surface area contributed by atoms with Crippen LogP contribution in [0.15, 0.2) is 36.5 Å². The number of nitrogens with zero attached hydrogens (tertiary/aromatic N) is 1. The molecule has 4 nitrogen and oxygen atoms in total. The molecule has 1 aromatic carbocycles. The number of anilines is 1. The summed E-state index contributed by atoms with van der Waals surface area (Å²) in [5.41, 5.74) is 1.72. The molecule has 1 saturated heterocycles. The van der Waals surface area contributed by atoms with Gasteiger partial charge in [-0.15, -0.1) is 24.8 Å². The molecule has 114 valence electrons. The zero-order chi connectivity index (χ0) is 13.1. The number of nitrogens with one attached hydrogen (secondary N) is 2. The fourth-order valence-corrected chi connectivity index (χ4v) is 2.50. The van der Waals surface area contributed by atoms with Gasteiger partial charge in [-0.3, -0.25) is 9.78 Å². The molecule has 6 heteroatoms. The Morgan fingerprint density at radius 1 is 1.33 bits per heavy atom. The summed E-state index contributed by atoms with van der Waals surface area (Å²) >= 11 is 0. The van der Waals surface area contributed by atoms with Crippen LogP contribution in [-0.4, -0.2) is 24.0 Å². The van der Waals surface area contributed by atoms with E-state index in [9.17, 15) is 4.79 Å². The number of amides is 1. The highest BCUT2D eigenvalue weighted by Crippen LogP contribution is 2.17. The van der Waals surface area contributed by atoms with E-state index in [-0.39, 0.29) is 30.7 Å². The zero-order valence-electron chi connectivity index (χ0n) is 11.5. The van der Waals surface area contributed by atoms with Gasteiger partial charge in [0.25, 0.3) is 0 Å². The van der Waals surface area contributed by atoms with Crippen molar-refractivity contribution in [3.05, 3.63) is 36.5 Å². The van der Waals surface area contributed by atoms with Crippen LogP contribution in [0.3, 0.4) is 0 Å². The van der Waals surface area contributed by atoms with Gasteiger partial charge in [0.15, 0.2) is 0 Å². The van der Waals surface area contributed by atoms with Gasteiger partial charge in [0, 0.05) is 11.8 Å². The minimum Gasteiger partial charge on any atom is -0.325 e. The van der Waals surface area contributed by atoms with Gasteiger partial charge in [-0.25, -0.2) is 0 Å². The molecule has 0 saturated carbocycles. The van der Waals surface area contributed by atoms with Crippen LogP contribution in [0.1, 0.15) is 12.8 Å². The van der Waals surface area contributed by atoms with Crippen LogP contribution >= 0.6 is 24.8 Å². The van der Waals surface area contributed by atoms with Crippen molar-refractivity contribution in [2.24, 2.45) is 5.92 Å². The van der Waals surface area contributed by atoms with Gasteiger partial charge in [-0.2, -0.15) is 0 Å². The number of aromatic nitrogens is 1. The van der Waals surface area contributed by atoms with Crippen LogP contribution in [0.2, 0.25) is 0 Å². The molecular formula is C15H19Cl2N3O. The molecule has 0 aliphatic carbocycles. The molecule has 0 bridgehead atoms. The van der Waals surface area contributed by atoms with Crippen LogP contribution in [0.4, 0.5) is 5.69 Å². The SMILES string of the molecule is Cl.Cl.O=C(CC1CCNC1)Nc1cnc2ccccc2c1. The number of rotatable bonds is 3. The molecule has 0 spiro atoms. The van der Waals surface area contributed by atoms with Gasteiger partial charge in [0.1, 0.15) is 0 Å². The van der Waals surface area contributed by atoms with Crippen molar-refractivity contribution in [3.63, 3.8) is 0 Å². The number of benzene rings is 1. The first kappa shape index (κ1) is 17.7. The van der Waals surface area contributed by atoms with Crippen molar-refractivity contribution < 1.29 is 4.79 Å². The molecule has 21 heavy (non-hydrogen) atoms. The summed E-state index contributed by atoms with van der Waals surface area (Å²) in [5.74, 6) is 0.541. The Bertz CT molecular complexity index is 600. The number of carbonyl (C=O) groups is 1. The van der Waals surface area contributed by atoms with Crippen LogP contribution < -0.4 is 10.6 Å². The van der Waals surface area contributed by atoms with E-state index in [0.29, 0.717) is 12.3 Å². The highest BCUT2D eigenvalue weighted by atomic mass is 35.5. The molecule has 2 aromatic rings. The van der Waals surface area contributed by atoms with E-state index in [1.54, 1.807) is 6.20 Å². The Morgan fingerprint density at radius 3 is 2.90 bits per heavy atom. The van der Waals surface area contributed by atoms with Crippen LogP contribution in [-0.2, 0) is 4.79 Å². The number of hydrogen-bond acceptors (Lipinski definition) is 3. The van der Waals surface area contributed by atoms with Gasteiger partial charge in [0.05, 0.1) is 17.4 Å². The second kappa shape index (κ2) is 8.17. The van der Waals surface area contributed by atoms with E-state index >= 15 is 0 Å². The third-order valence-corrected chi connectivity index (χ3v) is 3.51. The predicted molar refractivity (Wildman–Crippen MR) is 90.5 cm³/mol. The summed E-state index contributed by atoms with van der Waals surface area (Å²) in [6, 6.07) is 9.86. The van der Waals surface area contributed by atoms with Crippen molar-refractivity contribution in [1.29, 1.82) is 0 Å². The van der Waals surface area contributed by atoms with E-state index < -0.39 is 0 Å². The highest BCUT2D eigenvalue weighted by Gasteiger charge is 2.18. The van der Waals surface area contributed by atoms with Gasteiger partial charge in [-0.1, -0.05) is 18.2 Å². The quantitative estimate of drug-likeness (QED) is 0.911. The maximum atomic E-state index is 11.9. The fraction of sp³-hybridized carbons (Fsp3) is 0.333. The van der Waals surface area contributed by atoms with E-state index in [1.165, 1.54) is 0 Å². The van der Waals surface area contributed by atoms with E-state index in [2.05, 4.69) is 15.6 Å². The molecule has 1 atom stereocenters. The number of carbonyl (C=O) groups excluding carboxylic acids is 1. The second-order valence-corrected chi connectivity index (χ2v) is 5.03. The summed E-state index contributed by atoms with van der Waals surface area (Å²) < 4.78 is 0. The molecule has 1 fully saturated rings. The monoisotopic (exact) mass is 327 g/mol. The molecule has 1 aliphatic rings. The Morgan fingerprint density at radius 2 is 2.14 bits per heavy atom. The summed E-state index contributed by atoms with van der Waals surface area (Å²) in [6.07, 6.45) is 3.39. The largest absolute Gasteiger partial charge is 0.325 e. The minimum atomic E-state index is 0. The summed E-state index contributed by atoms with van der Waals surface area (Å²) in [4.78, 5) is 16.3. The summed E-state index contributed by atoms with van der Waals surface area (Å²) in [5, 5.41) is 7.25. The molecule has 1 unspecified atom stereocenters. The summed E-state index contributed by atoms with van der Waals surface area (Å²) in [7, 11) is 0. The third-order valence-electron chi connectivity index (χ3n) is 3.51. The number of para-hydroxylation sites is 1. The maximum Gasteiger partial charge on any atom is 0.224 e. The van der Waals surface area contributed by atoms with E-state index in [1.807, 2.05) is 30.3 Å². The standard InChI is InChI=1S/C15H17N3O.2ClH/c19-15(7-11-5-6-16-9-11)18-13-8-12-3-1-2-4-14(12)17-10-13;;/h1-4,8,10-11,16H,5-7,9H2,(H,18,19);2*1H. The zero-order valence-corrected chi connectivity index (χ0v) is 13.2. The van der Waals surface area contributed by atoms with Crippen LogP contribution in [0.5, 0.6) is 0 Å². The average molecular weight is 328 g/mol. The Balaban J connectivity index is 0.00000110. The fourth-order valence-electron chi connectivity index (χ4n) is 2.50. The van der Waals surface area contributed by atoms with E-state index in [4.69, 9.17) is 0 Å². The second-order valence-electron chi connectivity index (χ2n) is 5.03. The lowest BCUT2D eigenvalue weighted by Crippen LogP contribution is -2.18. The van der Waals surface area contributed by atoms with Crippen molar-refractivity contribution >= 4 is 47.3 Å². The average Bonchev–Trinajstić information content (AvgIpc) is 2.91. The first-order chi connectivity index (χ1) is 9.31. The number of fused-ring (bicyclic) bond motifs is 1. The van der Waals surface area contributed by atoms with Crippen LogP contribution in [0, 0.1) is 5.92 Å². The molecule has 1 amide bonds. The van der Waals surface area contributed by atoms with Crippen LogP contribution in [0.25, 0.3) is 10.9 Å². The maximum absolute atomic E-state index is 11.9. The summed E-state index contributed by atoms with van der Waals surface area (Å²) in [6.45, 7) is 1.97. The lowest BCUT2D eigenvalue weighted by molar-refractivity contribution is -0.116. The van der Waals surface area contributed by atoms with Crippen molar-refractivity contribution in [3.8, 4) is 0 Å². The first-order valence-corrected chi connectivity index (χ1v) is 6.66. The van der Waals surface area contributed by atoms with Gasteiger partial charge >= 0.3 is 0 Å².